The zero-order chi connectivity index (χ0) is 14.8. The maximum atomic E-state index is 11.7. The topological polar surface area (TPSA) is 106 Å². The van der Waals surface area contributed by atoms with Gasteiger partial charge in [-0.15, -0.1) is 0 Å². The summed E-state index contributed by atoms with van der Waals surface area (Å²) in [6, 6.07) is 4.04. The normalized spacial score (nSPS) is 20.5. The number of nitrogens with zero attached hydrogens (tertiary/aromatic N) is 1. The molecule has 2 rings (SSSR count). The average Bonchev–Trinajstić information content (AvgIpc) is 2.75. The Balaban J connectivity index is 2.17. The van der Waals surface area contributed by atoms with Crippen LogP contribution in [0.15, 0.2) is 18.2 Å². The lowest BCUT2D eigenvalue weighted by atomic mass is 10.2. The van der Waals surface area contributed by atoms with Crippen molar-refractivity contribution in [2.24, 2.45) is 0 Å². The van der Waals surface area contributed by atoms with Gasteiger partial charge < -0.3 is 5.32 Å². The van der Waals surface area contributed by atoms with E-state index in [1.807, 2.05) is 0 Å². The molecule has 0 radical (unpaired) electrons. The van der Waals surface area contributed by atoms with Crippen molar-refractivity contribution in [3.05, 3.63) is 33.9 Å². The van der Waals surface area contributed by atoms with Crippen molar-refractivity contribution < 1.29 is 18.1 Å². The third kappa shape index (κ3) is 2.96. The van der Waals surface area contributed by atoms with Crippen LogP contribution < -0.4 is 5.32 Å². The van der Waals surface area contributed by atoms with Gasteiger partial charge in [-0.1, -0.05) is 0 Å². The van der Waals surface area contributed by atoms with Gasteiger partial charge in [-0.05, 0) is 25.0 Å². The van der Waals surface area contributed by atoms with E-state index in [9.17, 15) is 23.3 Å². The summed E-state index contributed by atoms with van der Waals surface area (Å²) in [5, 5.41) is 13.2. The number of nitro benzene ring substituents is 1. The lowest BCUT2D eigenvalue weighted by Crippen LogP contribution is -2.25. The van der Waals surface area contributed by atoms with E-state index in [1.54, 1.807) is 0 Å². The fourth-order valence-corrected chi connectivity index (χ4v) is 4.00. The van der Waals surface area contributed by atoms with E-state index in [0.29, 0.717) is 19.1 Å². The number of benzene rings is 1. The van der Waals surface area contributed by atoms with Gasteiger partial charge in [0, 0.05) is 18.2 Å². The Morgan fingerprint density at radius 3 is 2.75 bits per heavy atom. The van der Waals surface area contributed by atoms with E-state index in [2.05, 4.69) is 5.32 Å². The molecule has 1 saturated heterocycles. The van der Waals surface area contributed by atoms with Gasteiger partial charge in [-0.3, -0.25) is 14.9 Å². The van der Waals surface area contributed by atoms with Gasteiger partial charge in [0.05, 0.1) is 15.9 Å². The zero-order valence-corrected chi connectivity index (χ0v) is 11.4. The molecular weight excluding hydrogens is 284 g/mol. The van der Waals surface area contributed by atoms with Crippen LogP contribution >= 0.6 is 0 Å². The molecule has 0 bridgehead atoms. The second-order valence-electron chi connectivity index (χ2n) is 4.66. The quantitative estimate of drug-likeness (QED) is 0.500. The second-order valence-corrected chi connectivity index (χ2v) is 7.06. The summed E-state index contributed by atoms with van der Waals surface area (Å²) in [5.74, 6) is 0.172. The minimum atomic E-state index is -3.09. The van der Waals surface area contributed by atoms with Crippen molar-refractivity contribution in [1.82, 2.24) is 0 Å². The van der Waals surface area contributed by atoms with Crippen LogP contribution in [0.1, 0.15) is 23.2 Å². The SMILES string of the molecule is O=Cc1ccc(NCC2CCCS2(=O)=O)c([N+](=O)[O-])c1. The van der Waals surface area contributed by atoms with Gasteiger partial charge in [0.25, 0.3) is 5.69 Å². The minimum absolute atomic E-state index is 0.142. The minimum Gasteiger partial charge on any atom is -0.378 e. The Bertz CT molecular complexity index is 641. The average molecular weight is 298 g/mol. The lowest BCUT2D eigenvalue weighted by Gasteiger charge is -2.12. The van der Waals surface area contributed by atoms with E-state index >= 15 is 0 Å². The number of aldehydes is 1. The van der Waals surface area contributed by atoms with E-state index in [4.69, 9.17) is 0 Å². The Hall–Kier alpha value is -1.96. The first-order valence-corrected chi connectivity index (χ1v) is 7.84. The summed E-state index contributed by atoms with van der Waals surface area (Å²) in [6.45, 7) is 0.142. The second kappa shape index (κ2) is 5.58. The number of anilines is 1. The molecule has 8 heteroatoms. The summed E-state index contributed by atoms with van der Waals surface area (Å²) in [5.41, 5.74) is 0.198. The van der Waals surface area contributed by atoms with E-state index in [0.717, 1.165) is 0 Å². The first kappa shape index (κ1) is 14.4. The molecule has 1 atom stereocenters. The van der Waals surface area contributed by atoms with Gasteiger partial charge in [0.15, 0.2) is 9.84 Å². The molecule has 1 N–H and O–H groups in total. The Morgan fingerprint density at radius 1 is 1.45 bits per heavy atom. The van der Waals surface area contributed by atoms with Gasteiger partial charge in [0.2, 0.25) is 0 Å². The zero-order valence-electron chi connectivity index (χ0n) is 10.6. The van der Waals surface area contributed by atoms with Gasteiger partial charge in [0.1, 0.15) is 12.0 Å². The predicted octanol–water partition coefficient (Wildman–Crippen LogP) is 1.40. The summed E-state index contributed by atoms with van der Waals surface area (Å²) >= 11 is 0. The third-order valence-electron chi connectivity index (χ3n) is 3.34. The maximum absolute atomic E-state index is 11.7. The molecule has 0 amide bonds. The highest BCUT2D eigenvalue weighted by Crippen LogP contribution is 2.27. The number of carbonyl (C=O) groups excluding carboxylic acids is 1. The van der Waals surface area contributed by atoms with Crippen LogP contribution in [-0.2, 0) is 9.84 Å². The molecule has 0 saturated carbocycles. The fraction of sp³-hybridized carbons (Fsp3) is 0.417. The molecule has 108 valence electrons. The number of carbonyl (C=O) groups is 1. The van der Waals surface area contributed by atoms with Crippen LogP contribution in [0.4, 0.5) is 11.4 Å². The number of sulfone groups is 1. The summed E-state index contributed by atoms with van der Waals surface area (Å²) in [6.07, 6.45) is 1.72. The number of nitro groups is 1. The largest absolute Gasteiger partial charge is 0.378 e. The van der Waals surface area contributed by atoms with Crippen LogP contribution in [0.5, 0.6) is 0 Å². The van der Waals surface area contributed by atoms with Crippen molar-refractivity contribution in [3.8, 4) is 0 Å². The van der Waals surface area contributed by atoms with E-state index in [-0.39, 0.29) is 29.2 Å². The predicted molar refractivity (Wildman–Crippen MR) is 73.8 cm³/mol. The first-order valence-electron chi connectivity index (χ1n) is 6.13. The van der Waals surface area contributed by atoms with Crippen LogP contribution in [0.2, 0.25) is 0 Å². The fourth-order valence-electron chi connectivity index (χ4n) is 2.23. The van der Waals surface area contributed by atoms with Gasteiger partial charge in [-0.2, -0.15) is 0 Å². The summed E-state index contributed by atoms with van der Waals surface area (Å²) in [7, 11) is -3.09. The molecule has 0 aliphatic carbocycles. The first-order chi connectivity index (χ1) is 9.44. The van der Waals surface area contributed by atoms with Gasteiger partial charge >= 0.3 is 0 Å². The highest BCUT2D eigenvalue weighted by atomic mass is 32.2. The summed E-state index contributed by atoms with van der Waals surface area (Å²) in [4.78, 5) is 21.0. The molecule has 1 fully saturated rings. The van der Waals surface area contributed by atoms with Crippen LogP contribution in [0.25, 0.3) is 0 Å². The van der Waals surface area contributed by atoms with Crippen LogP contribution in [-0.4, -0.2) is 37.2 Å². The smallest absolute Gasteiger partial charge is 0.293 e. The van der Waals surface area contributed by atoms with E-state index < -0.39 is 20.0 Å². The third-order valence-corrected chi connectivity index (χ3v) is 5.61. The highest BCUT2D eigenvalue weighted by molar-refractivity contribution is 7.92. The monoisotopic (exact) mass is 298 g/mol. The van der Waals surface area contributed by atoms with Crippen LogP contribution in [0, 0.1) is 10.1 Å². The number of rotatable bonds is 5. The Morgan fingerprint density at radius 2 is 2.20 bits per heavy atom. The molecule has 1 heterocycles. The van der Waals surface area contributed by atoms with E-state index in [1.165, 1.54) is 18.2 Å². The number of nitrogens with one attached hydrogen (secondary N) is 1. The van der Waals surface area contributed by atoms with Crippen molar-refractivity contribution in [1.29, 1.82) is 0 Å². The standard InChI is InChI=1S/C12H14N2O5S/c15-8-9-3-4-11(12(6-9)14(16)17)13-7-10-2-1-5-20(10,18)19/h3-4,6,8,10,13H,1-2,5,7H2. The molecule has 0 spiro atoms. The molecular formula is C12H14N2O5S. The van der Waals surface area contributed by atoms with Crippen molar-refractivity contribution in [2.75, 3.05) is 17.6 Å². The van der Waals surface area contributed by atoms with Crippen molar-refractivity contribution in [2.45, 2.75) is 18.1 Å². The molecule has 1 aliphatic heterocycles. The Labute approximate surface area is 116 Å². The maximum Gasteiger partial charge on any atom is 0.293 e. The molecule has 1 aromatic carbocycles. The molecule has 1 unspecified atom stereocenters. The molecule has 1 aromatic rings. The van der Waals surface area contributed by atoms with Crippen LogP contribution in [0.3, 0.4) is 0 Å². The summed E-state index contributed by atoms with van der Waals surface area (Å²) < 4.78 is 23.4. The number of hydrogen-bond donors (Lipinski definition) is 1. The van der Waals surface area contributed by atoms with Crippen molar-refractivity contribution in [3.63, 3.8) is 0 Å². The Kier molecular flexibility index (Phi) is 4.03. The molecule has 20 heavy (non-hydrogen) atoms. The highest BCUT2D eigenvalue weighted by Gasteiger charge is 2.31. The molecule has 1 aliphatic rings. The molecule has 7 nitrogen and oxygen atoms in total. The molecule has 0 aromatic heterocycles. The van der Waals surface area contributed by atoms with Gasteiger partial charge in [-0.25, -0.2) is 8.42 Å². The van der Waals surface area contributed by atoms with Crippen molar-refractivity contribution >= 4 is 27.5 Å². The number of hydrogen-bond acceptors (Lipinski definition) is 6. The lowest BCUT2D eigenvalue weighted by molar-refractivity contribution is -0.384.